The standard InChI is InChI=1S/C25H20N4O8/c30-20(31)14-26-18(22(34)28(24(26)36)16-8-3-1-4-9-16)12-7-13-19-23(35)29(17-10-5-2-6-11-17)25(37)27(19)15-21(32)33/h1-13,34H,14-15H2,(H,30,31)(H,32,33)/b12-7?,19-13+. The van der Waals surface area contributed by atoms with Gasteiger partial charge in [-0.1, -0.05) is 42.5 Å². The van der Waals surface area contributed by atoms with E-state index in [-0.39, 0.29) is 17.1 Å². The zero-order chi connectivity index (χ0) is 26.7. The average Bonchev–Trinajstić information content (AvgIpc) is 3.23. The van der Waals surface area contributed by atoms with Gasteiger partial charge in [0.25, 0.3) is 5.91 Å². The molecule has 2 aromatic carbocycles. The second kappa shape index (κ2) is 10.1. The molecule has 0 atom stereocenters. The van der Waals surface area contributed by atoms with E-state index in [4.69, 9.17) is 0 Å². The van der Waals surface area contributed by atoms with Crippen LogP contribution in [0.1, 0.15) is 5.69 Å². The number of benzene rings is 2. The second-order valence-electron chi connectivity index (χ2n) is 7.79. The summed E-state index contributed by atoms with van der Waals surface area (Å²) in [6.45, 7) is -1.54. The fourth-order valence-electron chi connectivity index (χ4n) is 3.84. The number of rotatable bonds is 8. The number of aliphatic carboxylic acids is 2. The number of hydrogen-bond acceptors (Lipinski definition) is 6. The lowest BCUT2D eigenvalue weighted by molar-refractivity contribution is -0.138. The Hall–Kier alpha value is -5.39. The Morgan fingerprint density at radius 1 is 0.811 bits per heavy atom. The first-order chi connectivity index (χ1) is 17.7. The molecule has 1 saturated heterocycles. The van der Waals surface area contributed by atoms with Crippen LogP contribution in [0.5, 0.6) is 5.88 Å². The summed E-state index contributed by atoms with van der Waals surface area (Å²) in [7, 11) is 0. The number of imide groups is 1. The van der Waals surface area contributed by atoms with Gasteiger partial charge in [-0.2, -0.15) is 0 Å². The van der Waals surface area contributed by atoms with Crippen molar-refractivity contribution in [1.82, 2.24) is 14.0 Å². The molecule has 37 heavy (non-hydrogen) atoms. The first kappa shape index (κ1) is 24.7. The summed E-state index contributed by atoms with van der Waals surface area (Å²) in [5, 5.41) is 29.3. The largest absolute Gasteiger partial charge is 0.493 e. The lowest BCUT2D eigenvalue weighted by Crippen LogP contribution is -2.35. The third kappa shape index (κ3) is 4.75. The van der Waals surface area contributed by atoms with Gasteiger partial charge in [0, 0.05) is 0 Å². The van der Waals surface area contributed by atoms with Gasteiger partial charge < -0.3 is 15.3 Å². The first-order valence-electron chi connectivity index (χ1n) is 10.8. The van der Waals surface area contributed by atoms with Gasteiger partial charge in [-0.15, -0.1) is 0 Å². The number of anilines is 1. The van der Waals surface area contributed by atoms with Crippen LogP contribution in [-0.2, 0) is 20.9 Å². The smallest absolute Gasteiger partial charge is 0.336 e. The quantitative estimate of drug-likeness (QED) is 0.309. The summed E-state index contributed by atoms with van der Waals surface area (Å²) >= 11 is 0. The van der Waals surface area contributed by atoms with Crippen LogP contribution in [0.4, 0.5) is 10.5 Å². The Balaban J connectivity index is 1.77. The maximum Gasteiger partial charge on any atom is 0.336 e. The monoisotopic (exact) mass is 504 g/mol. The van der Waals surface area contributed by atoms with Gasteiger partial charge in [-0.3, -0.25) is 23.9 Å². The van der Waals surface area contributed by atoms with Gasteiger partial charge >= 0.3 is 23.7 Å². The van der Waals surface area contributed by atoms with Crippen molar-refractivity contribution in [3.05, 3.63) is 94.7 Å². The van der Waals surface area contributed by atoms with E-state index < -0.39 is 48.5 Å². The summed E-state index contributed by atoms with van der Waals surface area (Å²) < 4.78 is 1.75. The molecule has 0 aliphatic carbocycles. The van der Waals surface area contributed by atoms with Crippen molar-refractivity contribution in [3.63, 3.8) is 0 Å². The van der Waals surface area contributed by atoms with Crippen LogP contribution in [0.3, 0.4) is 0 Å². The molecule has 0 radical (unpaired) electrons. The summed E-state index contributed by atoms with van der Waals surface area (Å²) in [5.74, 6) is -4.01. The van der Waals surface area contributed by atoms with E-state index in [2.05, 4.69) is 0 Å². The number of urea groups is 1. The minimum atomic E-state index is -1.35. The van der Waals surface area contributed by atoms with Crippen LogP contribution < -0.4 is 10.6 Å². The molecule has 3 N–H and O–H groups in total. The van der Waals surface area contributed by atoms with Crippen molar-refractivity contribution in [2.75, 3.05) is 11.4 Å². The van der Waals surface area contributed by atoms with E-state index >= 15 is 0 Å². The highest BCUT2D eigenvalue weighted by atomic mass is 16.4. The number of para-hydroxylation sites is 2. The Bertz CT molecular complexity index is 1500. The summed E-state index contributed by atoms with van der Waals surface area (Å²) in [5.41, 5.74) is -0.706. The van der Waals surface area contributed by atoms with Gasteiger partial charge in [0.05, 0.1) is 11.4 Å². The average molecular weight is 504 g/mol. The molecule has 0 unspecified atom stereocenters. The highest BCUT2D eigenvalue weighted by Gasteiger charge is 2.42. The van der Waals surface area contributed by atoms with Crippen LogP contribution in [0, 0.1) is 0 Å². The van der Waals surface area contributed by atoms with Gasteiger partial charge in [0.1, 0.15) is 24.5 Å². The molecule has 1 aliphatic rings. The molecule has 4 rings (SSSR count). The summed E-state index contributed by atoms with van der Waals surface area (Å²) in [4.78, 5) is 63.2. The van der Waals surface area contributed by atoms with Crippen molar-refractivity contribution in [2.24, 2.45) is 0 Å². The minimum Gasteiger partial charge on any atom is -0.493 e. The maximum absolute atomic E-state index is 13.1. The van der Waals surface area contributed by atoms with Crippen molar-refractivity contribution >= 4 is 35.6 Å². The van der Waals surface area contributed by atoms with E-state index in [9.17, 15) is 39.3 Å². The summed E-state index contributed by atoms with van der Waals surface area (Å²) in [6, 6.07) is 15.1. The predicted octanol–water partition coefficient (Wildman–Crippen LogP) is 1.88. The number of aromatic nitrogens is 2. The molecule has 3 aromatic rings. The number of carbonyl (C=O) groups excluding carboxylic acids is 2. The fraction of sp³-hybridized carbons (Fsp3) is 0.0800. The number of hydrogen-bond donors (Lipinski definition) is 3. The molecule has 12 heteroatoms. The number of carboxylic acids is 2. The van der Waals surface area contributed by atoms with Gasteiger partial charge in [-0.05, 0) is 36.4 Å². The van der Waals surface area contributed by atoms with E-state index in [1.807, 2.05) is 0 Å². The van der Waals surface area contributed by atoms with Crippen molar-refractivity contribution in [1.29, 1.82) is 0 Å². The Labute approximate surface area is 208 Å². The molecule has 1 aromatic heterocycles. The van der Waals surface area contributed by atoms with Crippen LogP contribution in [0.2, 0.25) is 0 Å². The number of allylic oxidation sites excluding steroid dienone is 2. The van der Waals surface area contributed by atoms with Crippen molar-refractivity contribution in [2.45, 2.75) is 6.54 Å². The molecule has 1 fully saturated rings. The minimum absolute atomic E-state index is 0.172. The van der Waals surface area contributed by atoms with Crippen LogP contribution in [0.15, 0.2) is 83.3 Å². The molecule has 0 spiro atoms. The molecule has 0 bridgehead atoms. The van der Waals surface area contributed by atoms with Gasteiger partial charge in [0.15, 0.2) is 0 Å². The Kier molecular flexibility index (Phi) is 6.73. The molecule has 188 valence electrons. The molecular weight excluding hydrogens is 484 g/mol. The summed E-state index contributed by atoms with van der Waals surface area (Å²) in [6.07, 6.45) is 3.56. The normalized spacial score (nSPS) is 14.8. The van der Waals surface area contributed by atoms with Crippen molar-refractivity contribution < 1.29 is 34.5 Å². The molecule has 0 saturated carbocycles. The third-order valence-electron chi connectivity index (χ3n) is 5.41. The third-order valence-corrected chi connectivity index (χ3v) is 5.41. The zero-order valence-corrected chi connectivity index (χ0v) is 19.1. The highest BCUT2D eigenvalue weighted by molar-refractivity contribution is 6.27. The molecule has 3 amide bonds. The number of amides is 3. The Morgan fingerprint density at radius 3 is 1.95 bits per heavy atom. The molecule has 12 nitrogen and oxygen atoms in total. The van der Waals surface area contributed by atoms with E-state index in [1.165, 1.54) is 24.3 Å². The van der Waals surface area contributed by atoms with Crippen molar-refractivity contribution in [3.8, 4) is 11.6 Å². The number of aromatic hydroxyl groups is 1. The molecule has 2 heterocycles. The van der Waals surface area contributed by atoms with E-state index in [0.29, 0.717) is 5.69 Å². The predicted molar refractivity (Wildman–Crippen MR) is 130 cm³/mol. The van der Waals surface area contributed by atoms with Crippen LogP contribution in [0.25, 0.3) is 11.8 Å². The number of carboxylic acid groups (broad SMARTS) is 2. The fourth-order valence-corrected chi connectivity index (χ4v) is 3.84. The Morgan fingerprint density at radius 2 is 1.38 bits per heavy atom. The number of carbonyl (C=O) groups is 4. The molecular formula is C25H20N4O8. The lowest BCUT2D eigenvalue weighted by Gasteiger charge is -2.14. The van der Waals surface area contributed by atoms with Gasteiger partial charge in [-0.25, -0.2) is 19.1 Å². The van der Waals surface area contributed by atoms with E-state index in [1.54, 1.807) is 48.5 Å². The lowest BCUT2D eigenvalue weighted by atomic mass is 10.2. The number of nitrogens with zero attached hydrogens (tertiary/aromatic N) is 4. The zero-order valence-electron chi connectivity index (χ0n) is 19.1. The molecule has 1 aliphatic heterocycles. The van der Waals surface area contributed by atoms with Gasteiger partial charge in [0.2, 0.25) is 5.88 Å². The SMILES string of the molecule is O=C(O)CN1C(=O)N(c2ccccc2)C(=O)/C1=C\C=Cc1c(O)n(-c2ccccc2)c(=O)n1CC(=O)O. The number of imidazole rings is 1. The maximum atomic E-state index is 13.1. The van der Waals surface area contributed by atoms with Crippen LogP contribution >= 0.6 is 0 Å². The first-order valence-corrected chi connectivity index (χ1v) is 10.8. The topological polar surface area (TPSA) is 162 Å². The van der Waals surface area contributed by atoms with E-state index in [0.717, 1.165) is 25.0 Å². The second-order valence-corrected chi connectivity index (χ2v) is 7.79. The van der Waals surface area contributed by atoms with Crippen LogP contribution in [-0.4, -0.2) is 59.8 Å². The highest BCUT2D eigenvalue weighted by Crippen LogP contribution is 2.28.